The van der Waals surface area contributed by atoms with E-state index in [0.29, 0.717) is 17.7 Å². The van der Waals surface area contributed by atoms with Crippen molar-refractivity contribution in [3.63, 3.8) is 0 Å². The van der Waals surface area contributed by atoms with Gasteiger partial charge < -0.3 is 4.90 Å². The predicted molar refractivity (Wildman–Crippen MR) is 81.0 cm³/mol. The van der Waals surface area contributed by atoms with Gasteiger partial charge in [-0.05, 0) is 30.0 Å². The highest BCUT2D eigenvalue weighted by Gasteiger charge is 2.43. The molecule has 0 bridgehead atoms. The zero-order valence-corrected chi connectivity index (χ0v) is 12.4. The summed E-state index contributed by atoms with van der Waals surface area (Å²) in [5, 5.41) is 6.66. The summed E-state index contributed by atoms with van der Waals surface area (Å²) in [6.07, 6.45) is 6.44. The summed E-state index contributed by atoms with van der Waals surface area (Å²) in [6, 6.07) is 6.15. The molecule has 22 heavy (non-hydrogen) atoms. The van der Waals surface area contributed by atoms with Crippen molar-refractivity contribution in [3.05, 3.63) is 48.0 Å². The van der Waals surface area contributed by atoms with E-state index < -0.39 is 0 Å². The lowest BCUT2D eigenvalue weighted by molar-refractivity contribution is 0.0720. The Morgan fingerprint density at radius 1 is 1.32 bits per heavy atom. The molecule has 0 saturated carbocycles. The number of aromatic nitrogens is 3. The SMILES string of the molecule is O=C(c1ccn[nH]1)N1CC[C@H]2CN(Cc3cccnc3)C[C@H]21. The molecule has 2 fully saturated rings. The second-order valence-corrected chi connectivity index (χ2v) is 6.14. The lowest BCUT2D eigenvalue weighted by Gasteiger charge is -2.24. The maximum absolute atomic E-state index is 12.5. The molecule has 114 valence electrons. The summed E-state index contributed by atoms with van der Waals surface area (Å²) < 4.78 is 0. The minimum Gasteiger partial charge on any atom is -0.333 e. The molecule has 2 saturated heterocycles. The van der Waals surface area contributed by atoms with Crippen molar-refractivity contribution in [3.8, 4) is 0 Å². The standard InChI is InChI=1S/C16H19N5O/c22-16(14-3-6-18-19-14)21-7-4-13-10-20(11-15(13)21)9-12-2-1-5-17-8-12/h1-3,5-6,8,13,15H,4,7,9-11H2,(H,18,19)/t13-,15+/m0/s1. The van der Waals surface area contributed by atoms with Gasteiger partial charge in [0.2, 0.25) is 0 Å². The molecular formula is C16H19N5O. The summed E-state index contributed by atoms with van der Waals surface area (Å²) in [4.78, 5) is 21.2. The van der Waals surface area contributed by atoms with Gasteiger partial charge in [0.1, 0.15) is 5.69 Å². The van der Waals surface area contributed by atoms with Crippen molar-refractivity contribution in [1.29, 1.82) is 0 Å². The molecule has 0 unspecified atom stereocenters. The Hall–Kier alpha value is -2.21. The monoisotopic (exact) mass is 297 g/mol. The zero-order valence-electron chi connectivity index (χ0n) is 12.4. The summed E-state index contributed by atoms with van der Waals surface area (Å²) in [5.41, 5.74) is 1.82. The molecule has 2 aromatic heterocycles. The zero-order chi connectivity index (χ0) is 14.9. The molecule has 6 nitrogen and oxygen atoms in total. The van der Waals surface area contributed by atoms with E-state index in [1.54, 1.807) is 18.5 Å². The van der Waals surface area contributed by atoms with Crippen molar-refractivity contribution in [2.75, 3.05) is 19.6 Å². The summed E-state index contributed by atoms with van der Waals surface area (Å²) in [5.74, 6) is 0.664. The minimum atomic E-state index is 0.0771. The normalized spacial score (nSPS) is 24.6. The van der Waals surface area contributed by atoms with Gasteiger partial charge in [0.05, 0.1) is 0 Å². The summed E-state index contributed by atoms with van der Waals surface area (Å²) >= 11 is 0. The number of hydrogen-bond donors (Lipinski definition) is 1. The first-order valence-corrected chi connectivity index (χ1v) is 7.73. The number of amides is 1. The number of rotatable bonds is 3. The third kappa shape index (κ3) is 2.39. The van der Waals surface area contributed by atoms with Crippen molar-refractivity contribution in [2.24, 2.45) is 5.92 Å². The summed E-state index contributed by atoms with van der Waals surface area (Å²) in [6.45, 7) is 3.77. The first-order chi connectivity index (χ1) is 10.8. The molecule has 4 heterocycles. The van der Waals surface area contributed by atoms with Crippen LogP contribution in [0.1, 0.15) is 22.5 Å². The average Bonchev–Trinajstić information content (AvgIpc) is 3.24. The van der Waals surface area contributed by atoms with Crippen molar-refractivity contribution >= 4 is 5.91 Å². The van der Waals surface area contributed by atoms with Crippen LogP contribution in [-0.4, -0.2) is 56.6 Å². The smallest absolute Gasteiger partial charge is 0.272 e. The minimum absolute atomic E-state index is 0.0771. The lowest BCUT2D eigenvalue weighted by Crippen LogP contribution is -2.39. The highest BCUT2D eigenvalue weighted by molar-refractivity contribution is 5.92. The molecule has 2 aliphatic rings. The van der Waals surface area contributed by atoms with Crippen LogP contribution in [0.2, 0.25) is 0 Å². The maximum atomic E-state index is 12.5. The van der Waals surface area contributed by atoms with Crippen LogP contribution in [0.4, 0.5) is 0 Å². The summed E-state index contributed by atoms with van der Waals surface area (Å²) in [7, 11) is 0. The van der Waals surface area contributed by atoms with Crippen LogP contribution >= 0.6 is 0 Å². The topological polar surface area (TPSA) is 65.1 Å². The van der Waals surface area contributed by atoms with Gasteiger partial charge in [0.15, 0.2) is 0 Å². The number of carbonyl (C=O) groups is 1. The number of carbonyl (C=O) groups excluding carboxylic acids is 1. The van der Waals surface area contributed by atoms with E-state index in [4.69, 9.17) is 0 Å². The average molecular weight is 297 g/mol. The Morgan fingerprint density at radius 2 is 2.27 bits per heavy atom. The van der Waals surface area contributed by atoms with Gasteiger partial charge in [-0.2, -0.15) is 5.10 Å². The third-order valence-electron chi connectivity index (χ3n) is 4.74. The van der Waals surface area contributed by atoms with Crippen LogP contribution in [0.5, 0.6) is 0 Å². The highest BCUT2D eigenvalue weighted by Crippen LogP contribution is 2.32. The molecule has 0 radical (unpaired) electrons. The number of H-pyrrole nitrogens is 1. The second-order valence-electron chi connectivity index (χ2n) is 6.14. The van der Waals surface area contributed by atoms with E-state index in [-0.39, 0.29) is 5.91 Å². The Kier molecular flexibility index (Phi) is 3.38. The van der Waals surface area contributed by atoms with Crippen LogP contribution in [0, 0.1) is 5.92 Å². The van der Waals surface area contributed by atoms with Gasteiger partial charge in [-0.1, -0.05) is 6.07 Å². The van der Waals surface area contributed by atoms with Gasteiger partial charge in [0.25, 0.3) is 5.91 Å². The Balaban J connectivity index is 1.44. The number of fused-ring (bicyclic) bond motifs is 1. The van der Waals surface area contributed by atoms with Gasteiger partial charge in [-0.3, -0.25) is 19.8 Å². The number of pyridine rings is 1. The van der Waals surface area contributed by atoms with Crippen molar-refractivity contribution in [2.45, 2.75) is 19.0 Å². The fraction of sp³-hybridized carbons (Fsp3) is 0.438. The van der Waals surface area contributed by atoms with E-state index in [0.717, 1.165) is 32.6 Å². The Labute approximate surface area is 129 Å². The number of likely N-dealkylation sites (tertiary alicyclic amines) is 2. The van der Waals surface area contributed by atoms with Crippen LogP contribution in [-0.2, 0) is 6.54 Å². The van der Waals surface area contributed by atoms with E-state index in [1.165, 1.54) is 5.56 Å². The number of hydrogen-bond acceptors (Lipinski definition) is 4. The fourth-order valence-electron chi connectivity index (χ4n) is 3.71. The quantitative estimate of drug-likeness (QED) is 0.923. The Morgan fingerprint density at radius 3 is 3.05 bits per heavy atom. The van der Waals surface area contributed by atoms with E-state index in [9.17, 15) is 4.79 Å². The lowest BCUT2D eigenvalue weighted by atomic mass is 10.1. The molecule has 0 aromatic carbocycles. The van der Waals surface area contributed by atoms with Crippen LogP contribution in [0.3, 0.4) is 0 Å². The largest absolute Gasteiger partial charge is 0.333 e. The van der Waals surface area contributed by atoms with Crippen LogP contribution < -0.4 is 0 Å². The maximum Gasteiger partial charge on any atom is 0.272 e. The molecule has 2 atom stereocenters. The first-order valence-electron chi connectivity index (χ1n) is 7.73. The van der Waals surface area contributed by atoms with Crippen molar-refractivity contribution < 1.29 is 4.79 Å². The Bertz CT molecular complexity index is 642. The number of nitrogens with one attached hydrogen (secondary N) is 1. The molecule has 2 aromatic rings. The molecule has 6 heteroatoms. The van der Waals surface area contributed by atoms with Gasteiger partial charge >= 0.3 is 0 Å². The van der Waals surface area contributed by atoms with Gasteiger partial charge in [-0.15, -0.1) is 0 Å². The molecule has 4 rings (SSSR count). The van der Waals surface area contributed by atoms with E-state index >= 15 is 0 Å². The van der Waals surface area contributed by atoms with Crippen LogP contribution in [0.15, 0.2) is 36.8 Å². The molecule has 0 spiro atoms. The molecule has 1 N–H and O–H groups in total. The first kappa shape index (κ1) is 13.5. The molecule has 2 aliphatic heterocycles. The van der Waals surface area contributed by atoms with Crippen molar-refractivity contribution in [1.82, 2.24) is 25.0 Å². The van der Waals surface area contributed by atoms with Crippen LogP contribution in [0.25, 0.3) is 0 Å². The molecule has 1 amide bonds. The van der Waals surface area contributed by atoms with Gasteiger partial charge in [0, 0.05) is 50.8 Å². The predicted octanol–water partition coefficient (Wildman–Crippen LogP) is 1.15. The van der Waals surface area contributed by atoms with E-state index in [1.807, 2.05) is 17.2 Å². The third-order valence-corrected chi connectivity index (χ3v) is 4.74. The van der Waals surface area contributed by atoms with E-state index in [2.05, 4.69) is 26.1 Å². The second kappa shape index (κ2) is 5.53. The molecular weight excluding hydrogens is 278 g/mol. The van der Waals surface area contributed by atoms with Gasteiger partial charge in [-0.25, -0.2) is 0 Å². The molecule has 0 aliphatic carbocycles. The fourth-order valence-corrected chi connectivity index (χ4v) is 3.71. The highest BCUT2D eigenvalue weighted by atomic mass is 16.2. The number of aromatic amines is 1. The number of nitrogens with zero attached hydrogens (tertiary/aromatic N) is 4.